The smallest absolute Gasteiger partial charge is 0.194 e. The van der Waals surface area contributed by atoms with Crippen LogP contribution in [0.5, 0.6) is 0 Å². The fourth-order valence-corrected chi connectivity index (χ4v) is 3.39. The minimum atomic E-state index is 0.638. The van der Waals surface area contributed by atoms with Gasteiger partial charge in [-0.25, -0.2) is 4.99 Å². The summed E-state index contributed by atoms with van der Waals surface area (Å²) in [4.78, 5) is 9.68. The Morgan fingerprint density at radius 2 is 1.74 bits per heavy atom. The second-order valence-electron chi connectivity index (χ2n) is 6.73. The molecule has 5 heteroatoms. The monoisotopic (exact) mass is 366 g/mol. The van der Waals surface area contributed by atoms with Crippen molar-refractivity contribution in [3.63, 3.8) is 0 Å². The van der Waals surface area contributed by atoms with Gasteiger partial charge in [0.15, 0.2) is 5.96 Å². The zero-order chi connectivity index (χ0) is 18.9. The Kier molecular flexibility index (Phi) is 7.11. The molecule has 1 aliphatic heterocycles. The Morgan fingerprint density at radius 3 is 2.44 bits per heavy atom. The molecule has 1 fully saturated rings. The van der Waals surface area contributed by atoms with Gasteiger partial charge in [-0.2, -0.15) is 0 Å². The van der Waals surface area contributed by atoms with Gasteiger partial charge in [0.1, 0.15) is 0 Å². The van der Waals surface area contributed by atoms with Crippen LogP contribution in [0.1, 0.15) is 18.1 Å². The highest BCUT2D eigenvalue weighted by Gasteiger charge is 2.19. The van der Waals surface area contributed by atoms with Crippen LogP contribution in [0.3, 0.4) is 0 Å². The van der Waals surface area contributed by atoms with Crippen molar-refractivity contribution in [2.45, 2.75) is 20.1 Å². The Labute approximate surface area is 162 Å². The van der Waals surface area contributed by atoms with Gasteiger partial charge in [0, 0.05) is 45.5 Å². The number of hydrogen-bond donors (Lipinski definition) is 1. The number of para-hydroxylation sites is 1. The molecule has 0 bridgehead atoms. The lowest BCUT2D eigenvalue weighted by atomic mass is 10.1. The summed E-state index contributed by atoms with van der Waals surface area (Å²) in [5, 5.41) is 3.45. The summed E-state index contributed by atoms with van der Waals surface area (Å²) in [6.45, 7) is 8.29. The van der Waals surface area contributed by atoms with E-state index in [1.807, 2.05) is 0 Å². The molecule has 0 aromatic heterocycles. The predicted octanol–water partition coefficient (Wildman–Crippen LogP) is 3.12. The van der Waals surface area contributed by atoms with E-state index in [0.717, 1.165) is 38.7 Å². The van der Waals surface area contributed by atoms with E-state index in [2.05, 4.69) is 76.6 Å². The predicted molar refractivity (Wildman–Crippen MR) is 112 cm³/mol. The summed E-state index contributed by atoms with van der Waals surface area (Å²) in [5.41, 5.74) is 3.70. The maximum atomic E-state index is 5.23. The molecular weight excluding hydrogens is 336 g/mol. The van der Waals surface area contributed by atoms with Crippen LogP contribution in [0, 0.1) is 0 Å². The molecule has 0 spiro atoms. The van der Waals surface area contributed by atoms with Crippen molar-refractivity contribution < 1.29 is 4.74 Å². The summed E-state index contributed by atoms with van der Waals surface area (Å²) < 4.78 is 5.23. The van der Waals surface area contributed by atoms with E-state index in [-0.39, 0.29) is 0 Å². The number of anilines is 1. The van der Waals surface area contributed by atoms with E-state index in [1.165, 1.54) is 16.8 Å². The lowest BCUT2D eigenvalue weighted by molar-refractivity contribution is 0.185. The Hall–Kier alpha value is -2.53. The van der Waals surface area contributed by atoms with Crippen LogP contribution < -0.4 is 10.2 Å². The molecule has 3 rings (SSSR count). The normalized spacial score (nSPS) is 15.1. The van der Waals surface area contributed by atoms with Crippen LogP contribution in [0.15, 0.2) is 59.6 Å². The quantitative estimate of drug-likeness (QED) is 0.630. The van der Waals surface area contributed by atoms with Gasteiger partial charge in [0.25, 0.3) is 0 Å². The van der Waals surface area contributed by atoms with Crippen molar-refractivity contribution >= 4 is 11.6 Å². The van der Waals surface area contributed by atoms with Crippen LogP contribution >= 0.6 is 0 Å². The SMILES string of the molecule is CCNC(=NCc1cccc(COC)c1)N1CCN(c2ccccc2)CC1. The number of rotatable bonds is 6. The molecule has 0 aliphatic carbocycles. The van der Waals surface area contributed by atoms with E-state index in [4.69, 9.17) is 9.73 Å². The third-order valence-corrected chi connectivity index (χ3v) is 4.75. The topological polar surface area (TPSA) is 40.1 Å². The first-order chi connectivity index (χ1) is 13.3. The highest BCUT2D eigenvalue weighted by atomic mass is 16.5. The number of benzene rings is 2. The van der Waals surface area contributed by atoms with E-state index in [0.29, 0.717) is 13.2 Å². The summed E-state index contributed by atoms with van der Waals surface area (Å²) in [6.07, 6.45) is 0. The largest absolute Gasteiger partial charge is 0.380 e. The maximum absolute atomic E-state index is 5.23. The molecule has 0 atom stereocenters. The average molecular weight is 367 g/mol. The van der Waals surface area contributed by atoms with Crippen LogP contribution in [0.2, 0.25) is 0 Å². The van der Waals surface area contributed by atoms with Gasteiger partial charge in [0.2, 0.25) is 0 Å². The van der Waals surface area contributed by atoms with Crippen LogP contribution in [-0.2, 0) is 17.9 Å². The molecule has 1 aliphatic rings. The molecule has 2 aromatic carbocycles. The third kappa shape index (κ3) is 5.47. The molecule has 1 heterocycles. The number of aliphatic imine (C=N–C) groups is 1. The number of piperazine rings is 1. The number of guanidine groups is 1. The van der Waals surface area contributed by atoms with Crippen LogP contribution in [-0.4, -0.2) is 50.7 Å². The van der Waals surface area contributed by atoms with Crippen molar-refractivity contribution in [2.24, 2.45) is 4.99 Å². The molecule has 0 amide bonds. The second-order valence-corrected chi connectivity index (χ2v) is 6.73. The Balaban J connectivity index is 1.62. The number of ether oxygens (including phenoxy) is 1. The van der Waals surface area contributed by atoms with Gasteiger partial charge >= 0.3 is 0 Å². The summed E-state index contributed by atoms with van der Waals surface area (Å²) in [7, 11) is 1.73. The molecule has 0 saturated carbocycles. The van der Waals surface area contributed by atoms with E-state index < -0.39 is 0 Å². The fraction of sp³-hybridized carbons (Fsp3) is 0.409. The molecule has 0 unspecified atom stereocenters. The number of hydrogen-bond acceptors (Lipinski definition) is 3. The maximum Gasteiger partial charge on any atom is 0.194 e. The van der Waals surface area contributed by atoms with Crippen molar-refractivity contribution in [3.05, 3.63) is 65.7 Å². The van der Waals surface area contributed by atoms with Crippen LogP contribution in [0.25, 0.3) is 0 Å². The van der Waals surface area contributed by atoms with Gasteiger partial charge in [-0.15, -0.1) is 0 Å². The molecule has 0 radical (unpaired) electrons. The first-order valence-electron chi connectivity index (χ1n) is 9.70. The van der Waals surface area contributed by atoms with Crippen LogP contribution in [0.4, 0.5) is 5.69 Å². The fourth-order valence-electron chi connectivity index (χ4n) is 3.39. The van der Waals surface area contributed by atoms with Gasteiger partial charge in [0.05, 0.1) is 13.2 Å². The minimum absolute atomic E-state index is 0.638. The first kappa shape index (κ1) is 19.2. The molecule has 5 nitrogen and oxygen atoms in total. The van der Waals surface area contributed by atoms with Crippen molar-refractivity contribution in [2.75, 3.05) is 44.7 Å². The van der Waals surface area contributed by atoms with Gasteiger partial charge < -0.3 is 19.9 Å². The Bertz CT molecular complexity index is 724. The number of nitrogens with zero attached hydrogens (tertiary/aromatic N) is 3. The van der Waals surface area contributed by atoms with Gasteiger partial charge in [-0.1, -0.05) is 42.5 Å². The van der Waals surface area contributed by atoms with Crippen molar-refractivity contribution in [1.82, 2.24) is 10.2 Å². The van der Waals surface area contributed by atoms with Gasteiger partial charge in [-0.3, -0.25) is 0 Å². The highest BCUT2D eigenvalue weighted by molar-refractivity contribution is 5.80. The number of nitrogens with one attached hydrogen (secondary N) is 1. The highest BCUT2D eigenvalue weighted by Crippen LogP contribution is 2.16. The van der Waals surface area contributed by atoms with E-state index in [1.54, 1.807) is 7.11 Å². The molecule has 27 heavy (non-hydrogen) atoms. The van der Waals surface area contributed by atoms with Crippen molar-refractivity contribution in [1.29, 1.82) is 0 Å². The molecule has 1 saturated heterocycles. The summed E-state index contributed by atoms with van der Waals surface area (Å²) in [6, 6.07) is 19.1. The molecular formula is C22H30N4O. The lowest BCUT2D eigenvalue weighted by Crippen LogP contribution is -2.52. The second kappa shape index (κ2) is 9.97. The van der Waals surface area contributed by atoms with Gasteiger partial charge in [-0.05, 0) is 30.2 Å². The standard InChI is InChI=1S/C22H30N4O/c1-3-23-22(24-17-19-8-7-9-20(16-19)18-27-2)26-14-12-25(13-15-26)21-10-5-4-6-11-21/h4-11,16H,3,12-15,17-18H2,1-2H3,(H,23,24). The first-order valence-corrected chi connectivity index (χ1v) is 9.70. The van der Waals surface area contributed by atoms with Crippen molar-refractivity contribution in [3.8, 4) is 0 Å². The zero-order valence-corrected chi connectivity index (χ0v) is 16.4. The molecule has 144 valence electrons. The summed E-state index contributed by atoms with van der Waals surface area (Å²) in [5.74, 6) is 1.00. The Morgan fingerprint density at radius 1 is 1.00 bits per heavy atom. The molecule has 1 N–H and O–H groups in total. The third-order valence-electron chi connectivity index (χ3n) is 4.75. The lowest BCUT2D eigenvalue weighted by Gasteiger charge is -2.37. The average Bonchev–Trinajstić information content (AvgIpc) is 2.72. The minimum Gasteiger partial charge on any atom is -0.380 e. The molecule has 2 aromatic rings. The zero-order valence-electron chi connectivity index (χ0n) is 16.4. The number of methoxy groups -OCH3 is 1. The summed E-state index contributed by atoms with van der Waals surface area (Å²) >= 11 is 0. The van der Waals surface area contributed by atoms with E-state index >= 15 is 0 Å². The van der Waals surface area contributed by atoms with E-state index in [9.17, 15) is 0 Å².